The monoisotopic (exact) mass is 580 g/mol. The first-order valence-electron chi connectivity index (χ1n) is 13.5. The number of rotatable bonds is 9. The molecular formula is C34H36N4O5. The van der Waals surface area contributed by atoms with Crippen LogP contribution in [0.4, 0.5) is 22.7 Å². The van der Waals surface area contributed by atoms with E-state index in [0.717, 1.165) is 16.8 Å². The van der Waals surface area contributed by atoms with Gasteiger partial charge in [0.25, 0.3) is 11.8 Å². The number of carbonyl (C=O) groups is 3. The fourth-order valence-electron chi connectivity index (χ4n) is 3.63. The lowest BCUT2D eigenvalue weighted by Crippen LogP contribution is -2.13. The first kappa shape index (κ1) is 32.0. The van der Waals surface area contributed by atoms with Crippen molar-refractivity contribution >= 4 is 40.5 Å². The summed E-state index contributed by atoms with van der Waals surface area (Å²) in [6.07, 6.45) is 0. The second-order valence-electron chi connectivity index (χ2n) is 9.71. The van der Waals surface area contributed by atoms with Crippen molar-refractivity contribution in [2.75, 3.05) is 35.3 Å². The highest BCUT2D eigenvalue weighted by molar-refractivity contribution is 6.05. The van der Waals surface area contributed by atoms with Crippen molar-refractivity contribution in [3.63, 3.8) is 0 Å². The van der Waals surface area contributed by atoms with Gasteiger partial charge in [-0.25, -0.2) is 4.79 Å². The molecular weight excluding hydrogens is 544 g/mol. The maximum absolute atomic E-state index is 12.3. The molecule has 6 N–H and O–H groups in total. The molecule has 4 rings (SSSR count). The number of carbonyl (C=O) groups excluding carboxylic acids is 3. The Morgan fingerprint density at radius 1 is 0.744 bits per heavy atom. The number of anilines is 4. The third kappa shape index (κ3) is 10.1. The number of esters is 1. The van der Waals surface area contributed by atoms with Gasteiger partial charge < -0.3 is 31.6 Å². The zero-order valence-electron chi connectivity index (χ0n) is 24.5. The van der Waals surface area contributed by atoms with Gasteiger partial charge in [-0.2, -0.15) is 0 Å². The van der Waals surface area contributed by atoms with Gasteiger partial charge in [0.05, 0.1) is 0 Å². The Bertz CT molecular complexity index is 1580. The highest BCUT2D eigenvalue weighted by Gasteiger charge is 2.09. The van der Waals surface area contributed by atoms with Crippen molar-refractivity contribution in [1.82, 2.24) is 0 Å². The molecule has 43 heavy (non-hydrogen) atoms. The molecule has 4 aromatic carbocycles. The highest BCUT2D eigenvalue weighted by atomic mass is 16.6. The summed E-state index contributed by atoms with van der Waals surface area (Å²) in [6, 6.07) is 26.6. The highest BCUT2D eigenvalue weighted by Crippen LogP contribution is 2.20. The largest absolute Gasteiger partial charge is 0.490 e. The molecule has 0 fully saturated rings. The van der Waals surface area contributed by atoms with Gasteiger partial charge in [-0.1, -0.05) is 30.8 Å². The van der Waals surface area contributed by atoms with Crippen molar-refractivity contribution in [3.8, 4) is 5.75 Å². The first-order valence-corrected chi connectivity index (χ1v) is 13.5. The van der Waals surface area contributed by atoms with E-state index in [9.17, 15) is 14.4 Å². The summed E-state index contributed by atoms with van der Waals surface area (Å²) in [5.41, 5.74) is 17.6. The topological polar surface area (TPSA) is 146 Å². The van der Waals surface area contributed by atoms with E-state index in [-0.39, 0.29) is 25.0 Å². The maximum atomic E-state index is 12.3. The van der Waals surface area contributed by atoms with E-state index in [1.165, 1.54) is 0 Å². The summed E-state index contributed by atoms with van der Waals surface area (Å²) in [7, 11) is 0. The van der Waals surface area contributed by atoms with Crippen LogP contribution in [0.25, 0.3) is 0 Å². The molecule has 0 aromatic heterocycles. The molecule has 0 saturated heterocycles. The van der Waals surface area contributed by atoms with Gasteiger partial charge >= 0.3 is 5.97 Å². The number of aryl methyl sites for hydroxylation is 2. The molecule has 0 aliphatic heterocycles. The van der Waals surface area contributed by atoms with E-state index >= 15 is 0 Å². The Morgan fingerprint density at radius 3 is 2.05 bits per heavy atom. The molecule has 0 bridgehead atoms. The summed E-state index contributed by atoms with van der Waals surface area (Å²) in [5, 5.41) is 5.67. The molecule has 222 valence electrons. The number of nitrogen functional groups attached to an aromatic ring is 2. The van der Waals surface area contributed by atoms with E-state index in [2.05, 4.69) is 17.2 Å². The van der Waals surface area contributed by atoms with Crippen molar-refractivity contribution in [2.24, 2.45) is 0 Å². The maximum Gasteiger partial charge on any atom is 0.333 e. The predicted octanol–water partition coefficient (Wildman–Crippen LogP) is 6.16. The van der Waals surface area contributed by atoms with Crippen molar-refractivity contribution in [1.29, 1.82) is 0 Å². The SMILES string of the molecule is C=C(C)C(=O)OCCOc1ccc(C(=O)Nc2ccc(N)c(C)c2)cc1.Cc1ccc(N)cc1NC(=O)c1ccccc1. The van der Waals surface area contributed by atoms with Crippen LogP contribution in [0.2, 0.25) is 0 Å². The summed E-state index contributed by atoms with van der Waals surface area (Å²) in [4.78, 5) is 35.4. The molecule has 0 radical (unpaired) electrons. The summed E-state index contributed by atoms with van der Waals surface area (Å²) < 4.78 is 10.4. The fourth-order valence-corrected chi connectivity index (χ4v) is 3.63. The second kappa shape index (κ2) is 15.4. The summed E-state index contributed by atoms with van der Waals surface area (Å²) in [5.74, 6) is -0.217. The number of benzene rings is 4. The average Bonchev–Trinajstić information content (AvgIpc) is 3.00. The molecule has 0 heterocycles. The predicted molar refractivity (Wildman–Crippen MR) is 171 cm³/mol. The van der Waals surface area contributed by atoms with Gasteiger partial charge in [0.2, 0.25) is 0 Å². The van der Waals surface area contributed by atoms with Crippen LogP contribution in [0.15, 0.2) is 103 Å². The van der Waals surface area contributed by atoms with Crippen LogP contribution >= 0.6 is 0 Å². The molecule has 0 aliphatic rings. The fraction of sp³-hybridized carbons (Fsp3) is 0.147. The van der Waals surface area contributed by atoms with E-state index in [1.807, 2.05) is 50.2 Å². The van der Waals surface area contributed by atoms with Gasteiger partial charge in [-0.05, 0) is 98.6 Å². The number of amides is 2. The van der Waals surface area contributed by atoms with Gasteiger partial charge in [-0.3, -0.25) is 9.59 Å². The Kier molecular flexibility index (Phi) is 11.5. The van der Waals surface area contributed by atoms with Crippen LogP contribution in [0.1, 0.15) is 38.8 Å². The van der Waals surface area contributed by atoms with Gasteiger partial charge in [0.1, 0.15) is 19.0 Å². The minimum Gasteiger partial charge on any atom is -0.490 e. The Morgan fingerprint density at radius 2 is 1.40 bits per heavy atom. The summed E-state index contributed by atoms with van der Waals surface area (Å²) >= 11 is 0. The number of hydrogen-bond donors (Lipinski definition) is 4. The van der Waals surface area contributed by atoms with Gasteiger partial charge in [0, 0.05) is 39.4 Å². The molecule has 2 amide bonds. The average molecular weight is 581 g/mol. The smallest absolute Gasteiger partial charge is 0.333 e. The van der Waals surface area contributed by atoms with E-state index in [0.29, 0.717) is 39.5 Å². The summed E-state index contributed by atoms with van der Waals surface area (Å²) in [6.45, 7) is 9.24. The van der Waals surface area contributed by atoms with Gasteiger partial charge in [0.15, 0.2) is 0 Å². The number of ether oxygens (including phenoxy) is 2. The van der Waals surface area contributed by atoms with Crippen LogP contribution in [0, 0.1) is 13.8 Å². The first-order chi connectivity index (χ1) is 20.5. The number of hydrogen-bond acceptors (Lipinski definition) is 7. The normalized spacial score (nSPS) is 10.0. The van der Waals surface area contributed by atoms with Crippen LogP contribution in [-0.4, -0.2) is 31.0 Å². The van der Waals surface area contributed by atoms with Gasteiger partial charge in [-0.15, -0.1) is 0 Å². The Balaban J connectivity index is 0.000000257. The molecule has 9 heteroatoms. The molecule has 0 unspecified atom stereocenters. The number of nitrogens with two attached hydrogens (primary N) is 2. The third-order valence-electron chi connectivity index (χ3n) is 6.12. The van der Waals surface area contributed by atoms with Crippen LogP contribution in [0.5, 0.6) is 5.75 Å². The Labute approximate surface area is 251 Å². The Hall–Kier alpha value is -5.57. The standard InChI is InChI=1S/C20H22N2O4.C14H14N2O/c1-13(2)20(24)26-11-10-25-17-7-4-15(5-8-17)19(23)22-16-6-9-18(21)14(3)12-16;1-10-7-8-12(15)9-13(10)16-14(17)11-5-3-2-4-6-11/h4-9,12H,1,10-11,21H2,2-3H3,(H,22,23);2-9H,15H2,1H3,(H,16,17). The van der Waals surface area contributed by atoms with E-state index < -0.39 is 5.97 Å². The van der Waals surface area contributed by atoms with Crippen LogP contribution in [0.3, 0.4) is 0 Å². The van der Waals surface area contributed by atoms with E-state index in [4.69, 9.17) is 20.9 Å². The molecule has 4 aromatic rings. The van der Waals surface area contributed by atoms with E-state index in [1.54, 1.807) is 61.5 Å². The zero-order valence-corrected chi connectivity index (χ0v) is 24.5. The third-order valence-corrected chi connectivity index (χ3v) is 6.12. The van der Waals surface area contributed by atoms with Crippen molar-refractivity contribution < 1.29 is 23.9 Å². The lowest BCUT2D eigenvalue weighted by molar-refractivity contribution is -0.139. The van der Waals surface area contributed by atoms with Crippen LogP contribution < -0.4 is 26.8 Å². The minimum absolute atomic E-state index is 0.126. The zero-order chi connectivity index (χ0) is 31.4. The molecule has 9 nitrogen and oxygen atoms in total. The van der Waals surface area contributed by atoms with Crippen molar-refractivity contribution in [3.05, 3.63) is 125 Å². The second-order valence-corrected chi connectivity index (χ2v) is 9.71. The van der Waals surface area contributed by atoms with Crippen molar-refractivity contribution in [2.45, 2.75) is 20.8 Å². The molecule has 0 aliphatic carbocycles. The minimum atomic E-state index is -0.446. The lowest BCUT2D eigenvalue weighted by atomic mass is 10.1. The van der Waals surface area contributed by atoms with Crippen LogP contribution in [-0.2, 0) is 9.53 Å². The number of nitrogens with one attached hydrogen (secondary N) is 2. The quantitative estimate of drug-likeness (QED) is 0.0803. The molecule has 0 spiro atoms. The lowest BCUT2D eigenvalue weighted by Gasteiger charge is -2.09. The molecule has 0 saturated carbocycles. The molecule has 0 atom stereocenters.